The first-order valence-corrected chi connectivity index (χ1v) is 9.61. The minimum atomic E-state index is -1.16. The molecule has 0 unspecified atom stereocenters. The van der Waals surface area contributed by atoms with E-state index in [0.717, 1.165) is 21.5 Å². The van der Waals surface area contributed by atoms with Gasteiger partial charge in [-0.05, 0) is 40.6 Å². The molecule has 0 radical (unpaired) electrons. The molecule has 0 aliphatic carbocycles. The van der Waals surface area contributed by atoms with Gasteiger partial charge in [-0.25, -0.2) is 4.79 Å². The van der Waals surface area contributed by atoms with E-state index in [2.05, 4.69) is 5.32 Å². The Morgan fingerprint density at radius 2 is 1.45 bits per heavy atom. The summed E-state index contributed by atoms with van der Waals surface area (Å²) in [4.78, 5) is 36.2. The number of carbonyl (C=O) groups excluding carboxylic acids is 2. The number of nitrogens with zero attached hydrogens (tertiary/aromatic N) is 1. The van der Waals surface area contributed by atoms with Crippen molar-refractivity contribution in [3.63, 3.8) is 0 Å². The highest BCUT2D eigenvalue weighted by atomic mass is 16.6. The normalized spacial score (nSPS) is 11.8. The smallest absolute Gasteiger partial charge is 0.340 e. The van der Waals surface area contributed by atoms with Crippen LogP contribution in [0.5, 0.6) is 0 Å². The first-order chi connectivity index (χ1) is 15.0. The first-order valence-electron chi connectivity index (χ1n) is 9.61. The summed E-state index contributed by atoms with van der Waals surface area (Å²) in [7, 11) is 0. The van der Waals surface area contributed by atoms with Crippen molar-refractivity contribution in [2.75, 3.05) is 5.32 Å². The molecule has 0 aromatic heterocycles. The Balaban J connectivity index is 1.63. The summed E-state index contributed by atoms with van der Waals surface area (Å²) in [5.41, 5.74) is 0.171. The number of nitro groups is 1. The number of carbonyl (C=O) groups is 2. The number of ether oxygens (including phenoxy) is 1. The number of para-hydroxylation sites is 2. The molecule has 0 bridgehead atoms. The minimum absolute atomic E-state index is 0.0380. The number of rotatable bonds is 5. The van der Waals surface area contributed by atoms with Gasteiger partial charge in [-0.2, -0.15) is 0 Å². The van der Waals surface area contributed by atoms with Gasteiger partial charge in [0.25, 0.3) is 11.6 Å². The van der Waals surface area contributed by atoms with Crippen molar-refractivity contribution in [1.29, 1.82) is 0 Å². The molecule has 4 aromatic rings. The molecule has 7 heteroatoms. The van der Waals surface area contributed by atoms with Gasteiger partial charge in [-0.1, -0.05) is 60.7 Å². The van der Waals surface area contributed by atoms with E-state index in [1.807, 2.05) is 54.6 Å². The molecule has 0 fully saturated rings. The van der Waals surface area contributed by atoms with Crippen molar-refractivity contribution in [2.24, 2.45) is 0 Å². The van der Waals surface area contributed by atoms with E-state index in [4.69, 9.17) is 4.74 Å². The van der Waals surface area contributed by atoms with Crippen LogP contribution in [-0.2, 0) is 9.53 Å². The van der Waals surface area contributed by atoms with Crippen LogP contribution in [0.4, 0.5) is 11.4 Å². The summed E-state index contributed by atoms with van der Waals surface area (Å²) >= 11 is 0. The van der Waals surface area contributed by atoms with Crippen molar-refractivity contribution < 1.29 is 19.2 Å². The Morgan fingerprint density at radius 1 is 0.903 bits per heavy atom. The number of nitro benzene ring substituents is 1. The summed E-state index contributed by atoms with van der Waals surface area (Å²) < 4.78 is 5.47. The number of esters is 1. The summed E-state index contributed by atoms with van der Waals surface area (Å²) in [6.07, 6.45) is -1.16. The van der Waals surface area contributed by atoms with E-state index in [-0.39, 0.29) is 11.4 Å². The molecule has 0 heterocycles. The summed E-state index contributed by atoms with van der Waals surface area (Å²) in [6, 6.07) is 22.7. The Labute approximate surface area is 177 Å². The largest absolute Gasteiger partial charge is 0.449 e. The maximum absolute atomic E-state index is 13.1. The maximum atomic E-state index is 13.1. The third kappa shape index (κ3) is 3.93. The van der Waals surface area contributed by atoms with Gasteiger partial charge < -0.3 is 10.1 Å². The van der Waals surface area contributed by atoms with Gasteiger partial charge in [0.05, 0.1) is 10.5 Å². The molecular formula is C24H18N2O5. The molecule has 0 saturated carbocycles. The number of amides is 1. The molecule has 0 spiro atoms. The van der Waals surface area contributed by atoms with E-state index in [1.54, 1.807) is 6.07 Å². The Hall–Kier alpha value is -4.26. The quantitative estimate of drug-likeness (QED) is 0.212. The van der Waals surface area contributed by atoms with Gasteiger partial charge in [0.15, 0.2) is 6.10 Å². The van der Waals surface area contributed by atoms with Crippen LogP contribution in [0.2, 0.25) is 0 Å². The number of hydrogen-bond donors (Lipinski definition) is 1. The van der Waals surface area contributed by atoms with Crippen molar-refractivity contribution in [2.45, 2.75) is 13.0 Å². The van der Waals surface area contributed by atoms with Crippen molar-refractivity contribution in [3.05, 3.63) is 94.5 Å². The lowest BCUT2D eigenvalue weighted by molar-refractivity contribution is -0.383. The summed E-state index contributed by atoms with van der Waals surface area (Å²) in [5.74, 6) is -1.30. The zero-order chi connectivity index (χ0) is 22.0. The standard InChI is InChI=1S/C24H18N2O5/c1-15(23(27)25-20-12-6-7-13-21(20)26(29)30)31-24(28)22-18-10-4-2-8-16(18)14-17-9-3-5-11-19(17)22/h2-15H,1H3,(H,25,27)/t15-/m1/s1. The van der Waals surface area contributed by atoms with Crippen LogP contribution in [-0.4, -0.2) is 22.9 Å². The second-order valence-electron chi connectivity index (χ2n) is 7.00. The number of hydrogen-bond acceptors (Lipinski definition) is 5. The molecule has 4 aromatic carbocycles. The SMILES string of the molecule is C[C@@H](OC(=O)c1c2ccccc2cc2ccccc12)C(=O)Nc1ccccc1[N+](=O)[O-]. The minimum Gasteiger partial charge on any atom is -0.449 e. The summed E-state index contributed by atoms with van der Waals surface area (Å²) in [5, 5.41) is 16.8. The average Bonchev–Trinajstić information content (AvgIpc) is 2.77. The summed E-state index contributed by atoms with van der Waals surface area (Å²) in [6.45, 7) is 1.43. The molecule has 0 aliphatic rings. The Kier molecular flexibility index (Phi) is 5.32. The lowest BCUT2D eigenvalue weighted by Gasteiger charge is -2.16. The maximum Gasteiger partial charge on any atom is 0.340 e. The zero-order valence-corrected chi connectivity index (χ0v) is 16.6. The fourth-order valence-corrected chi connectivity index (χ4v) is 3.48. The highest BCUT2D eigenvalue weighted by molar-refractivity contribution is 6.17. The Bertz CT molecular complexity index is 1280. The van der Waals surface area contributed by atoms with Crippen molar-refractivity contribution >= 4 is 44.8 Å². The molecule has 7 nitrogen and oxygen atoms in total. The molecule has 31 heavy (non-hydrogen) atoms. The molecule has 4 rings (SSSR count). The third-order valence-corrected chi connectivity index (χ3v) is 4.99. The van der Waals surface area contributed by atoms with E-state index < -0.39 is 22.9 Å². The predicted molar refractivity (Wildman–Crippen MR) is 118 cm³/mol. The highest BCUT2D eigenvalue weighted by Crippen LogP contribution is 2.29. The lowest BCUT2D eigenvalue weighted by atomic mass is 9.97. The lowest BCUT2D eigenvalue weighted by Crippen LogP contribution is -2.30. The fourth-order valence-electron chi connectivity index (χ4n) is 3.48. The van der Waals surface area contributed by atoms with E-state index in [0.29, 0.717) is 5.56 Å². The van der Waals surface area contributed by atoms with Gasteiger partial charge in [0.1, 0.15) is 5.69 Å². The highest BCUT2D eigenvalue weighted by Gasteiger charge is 2.24. The second-order valence-corrected chi connectivity index (χ2v) is 7.00. The van der Waals surface area contributed by atoms with Crippen LogP contribution >= 0.6 is 0 Å². The average molecular weight is 414 g/mol. The second kappa shape index (κ2) is 8.23. The number of benzene rings is 4. The van der Waals surface area contributed by atoms with Crippen LogP contribution in [0.3, 0.4) is 0 Å². The zero-order valence-electron chi connectivity index (χ0n) is 16.6. The number of fused-ring (bicyclic) bond motifs is 2. The van der Waals surface area contributed by atoms with Crippen molar-refractivity contribution in [1.82, 2.24) is 0 Å². The molecule has 1 N–H and O–H groups in total. The number of anilines is 1. The monoisotopic (exact) mass is 414 g/mol. The third-order valence-electron chi connectivity index (χ3n) is 4.99. The molecule has 0 saturated heterocycles. The van der Waals surface area contributed by atoms with Crippen LogP contribution in [0, 0.1) is 10.1 Å². The van der Waals surface area contributed by atoms with Gasteiger partial charge in [0, 0.05) is 6.07 Å². The molecule has 0 aliphatic heterocycles. The van der Waals surface area contributed by atoms with Crippen LogP contribution < -0.4 is 5.32 Å². The number of nitrogens with one attached hydrogen (secondary N) is 1. The topological polar surface area (TPSA) is 98.5 Å². The van der Waals surface area contributed by atoms with E-state index in [9.17, 15) is 19.7 Å². The molecule has 1 atom stereocenters. The van der Waals surface area contributed by atoms with E-state index >= 15 is 0 Å². The van der Waals surface area contributed by atoms with Crippen LogP contribution in [0.25, 0.3) is 21.5 Å². The van der Waals surface area contributed by atoms with Gasteiger partial charge in [0.2, 0.25) is 0 Å². The molecular weight excluding hydrogens is 396 g/mol. The first kappa shape index (κ1) is 20.0. The van der Waals surface area contributed by atoms with Gasteiger partial charge >= 0.3 is 5.97 Å². The van der Waals surface area contributed by atoms with Crippen molar-refractivity contribution in [3.8, 4) is 0 Å². The predicted octanol–water partition coefficient (Wildman–Crippen LogP) is 5.09. The van der Waals surface area contributed by atoms with Gasteiger partial charge in [-0.15, -0.1) is 0 Å². The Morgan fingerprint density at radius 3 is 2.06 bits per heavy atom. The van der Waals surface area contributed by atoms with Crippen LogP contribution in [0.15, 0.2) is 78.9 Å². The fraction of sp³-hybridized carbons (Fsp3) is 0.0833. The van der Waals surface area contributed by atoms with Crippen LogP contribution in [0.1, 0.15) is 17.3 Å². The molecule has 154 valence electrons. The molecule has 1 amide bonds. The van der Waals surface area contributed by atoms with E-state index in [1.165, 1.54) is 25.1 Å². The van der Waals surface area contributed by atoms with Gasteiger partial charge in [-0.3, -0.25) is 14.9 Å².